The van der Waals surface area contributed by atoms with E-state index in [4.69, 9.17) is 0 Å². The van der Waals surface area contributed by atoms with E-state index in [0.29, 0.717) is 12.0 Å². The van der Waals surface area contributed by atoms with E-state index in [0.717, 1.165) is 11.1 Å². The molecule has 0 aromatic heterocycles. The summed E-state index contributed by atoms with van der Waals surface area (Å²) >= 11 is 0. The van der Waals surface area contributed by atoms with E-state index >= 15 is 0 Å². The van der Waals surface area contributed by atoms with Crippen molar-refractivity contribution in [1.29, 1.82) is 0 Å². The van der Waals surface area contributed by atoms with Gasteiger partial charge in [-0.3, -0.25) is 4.79 Å². The third-order valence-corrected chi connectivity index (χ3v) is 3.13. The van der Waals surface area contributed by atoms with Crippen LogP contribution in [0.1, 0.15) is 27.5 Å². The Hall–Kier alpha value is -1.39. The third-order valence-electron chi connectivity index (χ3n) is 3.13. The van der Waals surface area contributed by atoms with Gasteiger partial charge in [-0.05, 0) is 24.2 Å². The van der Waals surface area contributed by atoms with Gasteiger partial charge in [-0.2, -0.15) is 0 Å². The number of hydrogen-bond donors (Lipinski definition) is 3. The third kappa shape index (κ3) is 1.60. The molecule has 0 heterocycles. The van der Waals surface area contributed by atoms with Crippen LogP contribution in [0.3, 0.4) is 0 Å². The molecule has 1 amide bonds. The lowest BCUT2D eigenvalue weighted by atomic mass is 10.0. The minimum Gasteiger partial charge on any atom is -0.391 e. The van der Waals surface area contributed by atoms with Gasteiger partial charge in [0.1, 0.15) is 0 Å². The molecule has 16 heavy (non-hydrogen) atoms. The Balaban J connectivity index is 2.47. The fraction of sp³-hybridized carbons (Fsp3) is 0.417. The average molecular weight is 220 g/mol. The monoisotopic (exact) mass is 220 g/mol. The van der Waals surface area contributed by atoms with Crippen molar-refractivity contribution in [3.63, 3.8) is 0 Å². The summed E-state index contributed by atoms with van der Waals surface area (Å²) in [5, 5.41) is 15.6. The van der Waals surface area contributed by atoms with Crippen LogP contribution in [0.2, 0.25) is 0 Å². The number of fused-ring (bicyclic) bond motifs is 1. The quantitative estimate of drug-likeness (QED) is 0.668. The molecule has 0 saturated heterocycles. The first-order valence-corrected chi connectivity index (χ1v) is 5.38. The van der Waals surface area contributed by atoms with E-state index in [1.807, 2.05) is 19.2 Å². The van der Waals surface area contributed by atoms with Crippen LogP contribution in [-0.4, -0.2) is 31.2 Å². The SMILES string of the molecule is CNC(=O)c1cccc2c1C[C@@H](O)[C@@H]2NC. The van der Waals surface area contributed by atoms with Gasteiger partial charge < -0.3 is 15.7 Å². The van der Waals surface area contributed by atoms with E-state index in [2.05, 4.69) is 10.6 Å². The maximum absolute atomic E-state index is 11.7. The summed E-state index contributed by atoms with van der Waals surface area (Å²) in [4.78, 5) is 11.7. The largest absolute Gasteiger partial charge is 0.391 e. The Morgan fingerprint density at radius 3 is 2.81 bits per heavy atom. The first-order valence-electron chi connectivity index (χ1n) is 5.38. The fourth-order valence-corrected chi connectivity index (χ4v) is 2.35. The lowest BCUT2D eigenvalue weighted by molar-refractivity contribution is 0.0962. The Labute approximate surface area is 94.7 Å². The zero-order valence-corrected chi connectivity index (χ0v) is 9.45. The smallest absolute Gasteiger partial charge is 0.251 e. The molecule has 0 bridgehead atoms. The van der Waals surface area contributed by atoms with Crippen molar-refractivity contribution in [3.05, 3.63) is 34.9 Å². The van der Waals surface area contributed by atoms with Crippen molar-refractivity contribution >= 4 is 5.91 Å². The summed E-state index contributed by atoms with van der Waals surface area (Å²) in [6, 6.07) is 5.53. The number of carbonyl (C=O) groups excluding carboxylic acids is 1. The number of amides is 1. The van der Waals surface area contributed by atoms with E-state index in [9.17, 15) is 9.90 Å². The highest BCUT2D eigenvalue weighted by atomic mass is 16.3. The molecule has 0 saturated carbocycles. The maximum Gasteiger partial charge on any atom is 0.251 e. The highest BCUT2D eigenvalue weighted by Gasteiger charge is 2.32. The number of hydrogen-bond acceptors (Lipinski definition) is 3. The molecule has 86 valence electrons. The lowest BCUT2D eigenvalue weighted by Gasteiger charge is -2.14. The van der Waals surface area contributed by atoms with Crippen LogP contribution in [0.4, 0.5) is 0 Å². The summed E-state index contributed by atoms with van der Waals surface area (Å²) in [5.74, 6) is -0.0965. The zero-order valence-electron chi connectivity index (χ0n) is 9.45. The molecule has 0 radical (unpaired) electrons. The molecule has 1 aromatic carbocycles. The van der Waals surface area contributed by atoms with E-state index < -0.39 is 6.10 Å². The van der Waals surface area contributed by atoms with Crippen LogP contribution >= 0.6 is 0 Å². The molecule has 3 N–H and O–H groups in total. The highest BCUT2D eigenvalue weighted by Crippen LogP contribution is 2.33. The van der Waals surface area contributed by atoms with Gasteiger partial charge in [0.05, 0.1) is 12.1 Å². The minimum absolute atomic E-state index is 0.0698. The molecule has 1 aliphatic carbocycles. The number of rotatable bonds is 2. The van der Waals surface area contributed by atoms with Crippen molar-refractivity contribution in [2.75, 3.05) is 14.1 Å². The summed E-state index contributed by atoms with van der Waals surface area (Å²) < 4.78 is 0. The Kier molecular flexibility index (Phi) is 2.94. The summed E-state index contributed by atoms with van der Waals surface area (Å²) in [6.45, 7) is 0. The van der Waals surface area contributed by atoms with E-state index in [-0.39, 0.29) is 11.9 Å². The van der Waals surface area contributed by atoms with Crippen LogP contribution in [-0.2, 0) is 6.42 Å². The molecule has 1 aromatic rings. The van der Waals surface area contributed by atoms with Crippen LogP contribution < -0.4 is 10.6 Å². The summed E-state index contributed by atoms with van der Waals surface area (Å²) in [6.07, 6.45) is 0.0792. The normalized spacial score (nSPS) is 22.9. The molecule has 0 spiro atoms. The Morgan fingerprint density at radius 1 is 1.44 bits per heavy atom. The van der Waals surface area contributed by atoms with Crippen LogP contribution in [0.25, 0.3) is 0 Å². The van der Waals surface area contributed by atoms with Crippen molar-refractivity contribution < 1.29 is 9.90 Å². The number of aliphatic hydroxyl groups excluding tert-OH is 1. The molecular weight excluding hydrogens is 204 g/mol. The van der Waals surface area contributed by atoms with Crippen molar-refractivity contribution in [3.8, 4) is 0 Å². The van der Waals surface area contributed by atoms with Crippen molar-refractivity contribution in [2.24, 2.45) is 0 Å². The number of nitrogens with one attached hydrogen (secondary N) is 2. The van der Waals surface area contributed by atoms with Gasteiger partial charge in [-0.15, -0.1) is 0 Å². The van der Waals surface area contributed by atoms with Gasteiger partial charge in [-0.1, -0.05) is 12.1 Å². The first-order chi connectivity index (χ1) is 7.69. The average Bonchev–Trinajstić information content (AvgIpc) is 2.63. The van der Waals surface area contributed by atoms with Gasteiger partial charge >= 0.3 is 0 Å². The van der Waals surface area contributed by atoms with E-state index in [1.165, 1.54) is 0 Å². The molecule has 4 nitrogen and oxygen atoms in total. The topological polar surface area (TPSA) is 61.4 Å². The molecule has 1 aliphatic rings. The second kappa shape index (κ2) is 4.23. The summed E-state index contributed by atoms with van der Waals surface area (Å²) in [7, 11) is 3.43. The van der Waals surface area contributed by atoms with Crippen molar-refractivity contribution in [2.45, 2.75) is 18.6 Å². The van der Waals surface area contributed by atoms with Crippen LogP contribution in [0.15, 0.2) is 18.2 Å². The number of aliphatic hydroxyl groups is 1. The maximum atomic E-state index is 11.7. The Bertz CT molecular complexity index is 417. The molecular formula is C12H16N2O2. The van der Waals surface area contributed by atoms with Gasteiger partial charge in [-0.25, -0.2) is 0 Å². The van der Waals surface area contributed by atoms with Gasteiger partial charge in [0.2, 0.25) is 0 Å². The predicted molar refractivity (Wildman–Crippen MR) is 61.3 cm³/mol. The van der Waals surface area contributed by atoms with E-state index in [1.54, 1.807) is 13.1 Å². The molecule has 0 unspecified atom stereocenters. The summed E-state index contributed by atoms with van der Waals surface area (Å²) in [5.41, 5.74) is 2.64. The highest BCUT2D eigenvalue weighted by molar-refractivity contribution is 5.96. The predicted octanol–water partition coefficient (Wildman–Crippen LogP) is 0.224. The van der Waals surface area contributed by atoms with Crippen molar-refractivity contribution in [1.82, 2.24) is 10.6 Å². The Morgan fingerprint density at radius 2 is 2.19 bits per heavy atom. The van der Waals surface area contributed by atoms with Gasteiger partial charge in [0, 0.05) is 19.0 Å². The number of benzene rings is 1. The standard InChI is InChI=1S/C12H16N2O2/c1-13-11-7-4-3-5-8(12(16)14-2)9(7)6-10(11)15/h3-5,10-11,13,15H,6H2,1-2H3,(H,14,16)/t10-,11-/m1/s1. The van der Waals surface area contributed by atoms with Gasteiger partial charge in [0.25, 0.3) is 5.91 Å². The molecule has 2 atom stereocenters. The molecule has 2 rings (SSSR count). The lowest BCUT2D eigenvalue weighted by Crippen LogP contribution is -2.25. The van der Waals surface area contributed by atoms with Gasteiger partial charge in [0.15, 0.2) is 0 Å². The van der Waals surface area contributed by atoms with Crippen LogP contribution in [0.5, 0.6) is 0 Å². The first kappa shape index (κ1) is 11.1. The second-order valence-electron chi connectivity index (χ2n) is 3.99. The second-order valence-corrected chi connectivity index (χ2v) is 3.99. The minimum atomic E-state index is -0.453. The fourth-order valence-electron chi connectivity index (χ4n) is 2.35. The van der Waals surface area contributed by atoms with Crippen LogP contribution in [0, 0.1) is 0 Å². The number of likely N-dealkylation sites (N-methyl/N-ethyl adjacent to an activating group) is 1. The zero-order chi connectivity index (χ0) is 11.7. The number of carbonyl (C=O) groups is 1. The molecule has 0 fully saturated rings. The molecule has 0 aliphatic heterocycles. The molecule has 4 heteroatoms.